The molecule has 0 aliphatic heterocycles. The molecule has 1 rings (SSSR count). The zero-order chi connectivity index (χ0) is 8.97. The highest BCUT2D eigenvalue weighted by atomic mass is 33.1. The van der Waals surface area contributed by atoms with E-state index in [9.17, 15) is 0 Å². The van der Waals surface area contributed by atoms with E-state index < -0.39 is 0 Å². The average Bonchev–Trinajstić information content (AvgIpc) is 2.16. The molecule has 0 atom stereocenters. The van der Waals surface area contributed by atoms with Crippen LogP contribution in [0.2, 0.25) is 0 Å². The van der Waals surface area contributed by atoms with Gasteiger partial charge in [-0.3, -0.25) is 0 Å². The highest BCUT2D eigenvalue weighted by Crippen LogP contribution is 2.28. The normalized spacial score (nSPS) is 9.92. The Morgan fingerprint density at radius 1 is 1.50 bits per heavy atom. The summed E-state index contributed by atoms with van der Waals surface area (Å²) in [5.41, 5.74) is 1.24. The Bertz CT molecular complexity index is 261. The van der Waals surface area contributed by atoms with E-state index in [0.29, 0.717) is 0 Å². The molecular weight excluding hydrogens is 188 g/mol. The number of thiol groups is 1. The molecule has 1 nitrogen and oxygen atoms in total. The second-order valence-corrected chi connectivity index (χ2v) is 3.62. The van der Waals surface area contributed by atoms with E-state index in [-0.39, 0.29) is 0 Å². The van der Waals surface area contributed by atoms with Crippen molar-refractivity contribution in [2.45, 2.75) is 18.2 Å². The Hall–Kier alpha value is -0.280. The average molecular weight is 200 g/mol. The summed E-state index contributed by atoms with van der Waals surface area (Å²) in [6.07, 6.45) is 1.00. The molecule has 0 aliphatic rings. The summed E-state index contributed by atoms with van der Waals surface area (Å²) in [6, 6.07) is 6.15. The second kappa shape index (κ2) is 4.67. The van der Waals surface area contributed by atoms with Gasteiger partial charge in [0.15, 0.2) is 0 Å². The number of ether oxygens (including phenoxy) is 1. The first-order valence-corrected chi connectivity index (χ1v) is 5.67. The molecule has 0 saturated heterocycles. The zero-order valence-electron chi connectivity index (χ0n) is 7.20. The molecule has 0 fully saturated rings. The predicted octanol–water partition coefficient (Wildman–Crippen LogP) is 3.19. The number of benzene rings is 1. The van der Waals surface area contributed by atoms with Crippen molar-refractivity contribution < 1.29 is 4.74 Å². The van der Waals surface area contributed by atoms with Crippen molar-refractivity contribution in [2.24, 2.45) is 0 Å². The van der Waals surface area contributed by atoms with Crippen LogP contribution in [0.4, 0.5) is 0 Å². The first kappa shape index (κ1) is 9.81. The van der Waals surface area contributed by atoms with E-state index >= 15 is 0 Å². The van der Waals surface area contributed by atoms with E-state index in [1.165, 1.54) is 16.4 Å². The fourth-order valence-electron chi connectivity index (χ4n) is 1.07. The van der Waals surface area contributed by atoms with Gasteiger partial charge in [-0.15, -0.1) is 11.7 Å². The lowest BCUT2D eigenvalue weighted by Crippen LogP contribution is -1.89. The number of aryl methyl sites for hydroxylation is 1. The van der Waals surface area contributed by atoms with Crippen molar-refractivity contribution in [1.29, 1.82) is 0 Å². The third-order valence-electron chi connectivity index (χ3n) is 1.74. The summed E-state index contributed by atoms with van der Waals surface area (Å²) in [5, 5.41) is 0. The van der Waals surface area contributed by atoms with Crippen molar-refractivity contribution in [2.75, 3.05) is 7.11 Å². The third kappa shape index (κ3) is 2.11. The second-order valence-electron chi connectivity index (χ2n) is 2.42. The molecule has 66 valence electrons. The Morgan fingerprint density at radius 3 is 2.75 bits per heavy atom. The van der Waals surface area contributed by atoms with Crippen molar-refractivity contribution in [3.63, 3.8) is 0 Å². The number of rotatable bonds is 3. The Balaban J connectivity index is 3.02. The van der Waals surface area contributed by atoms with E-state index in [2.05, 4.69) is 30.7 Å². The van der Waals surface area contributed by atoms with Gasteiger partial charge in [-0.25, -0.2) is 0 Å². The number of hydrogen-bond acceptors (Lipinski definition) is 3. The lowest BCUT2D eigenvalue weighted by Gasteiger charge is -2.07. The van der Waals surface area contributed by atoms with Gasteiger partial charge in [0, 0.05) is 4.90 Å². The molecule has 3 heteroatoms. The van der Waals surface area contributed by atoms with Crippen LogP contribution >= 0.6 is 22.5 Å². The van der Waals surface area contributed by atoms with E-state index in [1.807, 2.05) is 6.07 Å². The minimum absolute atomic E-state index is 0.955. The summed E-state index contributed by atoms with van der Waals surface area (Å²) < 4.78 is 5.23. The standard InChI is InChI=1S/C9H12OS2/c1-3-7-4-5-8(12-11)6-9(7)10-2/h4-6,11H,3H2,1-2H3. The molecule has 0 saturated carbocycles. The van der Waals surface area contributed by atoms with Gasteiger partial charge in [-0.1, -0.05) is 23.8 Å². The molecule has 0 amide bonds. The highest BCUT2D eigenvalue weighted by Gasteiger charge is 2.01. The topological polar surface area (TPSA) is 9.23 Å². The summed E-state index contributed by atoms with van der Waals surface area (Å²) >= 11 is 4.12. The maximum absolute atomic E-state index is 5.23. The van der Waals surface area contributed by atoms with Gasteiger partial charge < -0.3 is 4.74 Å². The molecule has 0 aliphatic carbocycles. The summed E-state index contributed by atoms with van der Waals surface area (Å²) in [6.45, 7) is 2.12. The van der Waals surface area contributed by atoms with Crippen LogP contribution in [0.15, 0.2) is 23.1 Å². The van der Waals surface area contributed by atoms with Crippen molar-refractivity contribution in [1.82, 2.24) is 0 Å². The van der Waals surface area contributed by atoms with Crippen LogP contribution in [0.3, 0.4) is 0 Å². The highest BCUT2D eigenvalue weighted by molar-refractivity contribution is 8.68. The van der Waals surface area contributed by atoms with E-state index in [0.717, 1.165) is 17.1 Å². The van der Waals surface area contributed by atoms with Crippen LogP contribution in [-0.2, 0) is 6.42 Å². The van der Waals surface area contributed by atoms with Crippen molar-refractivity contribution in [3.05, 3.63) is 23.8 Å². The molecule has 0 unspecified atom stereocenters. The fraction of sp³-hybridized carbons (Fsp3) is 0.333. The molecule has 0 radical (unpaired) electrons. The molecule has 1 aromatic carbocycles. The van der Waals surface area contributed by atoms with Gasteiger partial charge in [-0.05, 0) is 24.1 Å². The van der Waals surface area contributed by atoms with Crippen LogP contribution in [0, 0.1) is 0 Å². The number of methoxy groups -OCH3 is 1. The van der Waals surface area contributed by atoms with Gasteiger partial charge in [0.05, 0.1) is 7.11 Å². The largest absolute Gasteiger partial charge is 0.496 e. The van der Waals surface area contributed by atoms with Crippen molar-refractivity contribution >= 4 is 22.5 Å². The Morgan fingerprint density at radius 2 is 2.25 bits per heavy atom. The van der Waals surface area contributed by atoms with Crippen molar-refractivity contribution in [3.8, 4) is 5.75 Å². The van der Waals surface area contributed by atoms with Crippen LogP contribution in [0.5, 0.6) is 5.75 Å². The maximum Gasteiger partial charge on any atom is 0.123 e. The first-order valence-electron chi connectivity index (χ1n) is 3.80. The minimum atomic E-state index is 0.955. The Labute approximate surface area is 82.3 Å². The SMILES string of the molecule is CCc1ccc(SS)cc1OC. The molecular formula is C9H12OS2. The zero-order valence-corrected chi connectivity index (χ0v) is 8.91. The van der Waals surface area contributed by atoms with E-state index in [4.69, 9.17) is 4.74 Å². The lowest BCUT2D eigenvalue weighted by molar-refractivity contribution is 0.409. The number of hydrogen-bond donors (Lipinski definition) is 1. The van der Waals surface area contributed by atoms with Gasteiger partial charge in [0.1, 0.15) is 5.75 Å². The molecule has 0 N–H and O–H groups in total. The first-order chi connectivity index (χ1) is 5.81. The van der Waals surface area contributed by atoms with Crippen LogP contribution in [0.25, 0.3) is 0 Å². The summed E-state index contributed by atoms with van der Waals surface area (Å²) in [5.74, 6) is 0.955. The molecule has 0 heterocycles. The molecule has 0 aromatic heterocycles. The van der Waals surface area contributed by atoms with Crippen LogP contribution in [0.1, 0.15) is 12.5 Å². The molecule has 0 bridgehead atoms. The van der Waals surface area contributed by atoms with Crippen LogP contribution in [-0.4, -0.2) is 7.11 Å². The summed E-state index contributed by atoms with van der Waals surface area (Å²) in [7, 11) is 3.13. The van der Waals surface area contributed by atoms with Crippen LogP contribution < -0.4 is 4.74 Å². The molecule has 0 spiro atoms. The molecule has 12 heavy (non-hydrogen) atoms. The van der Waals surface area contributed by atoms with E-state index in [1.54, 1.807) is 7.11 Å². The Kier molecular flexibility index (Phi) is 3.82. The van der Waals surface area contributed by atoms with Gasteiger partial charge in [-0.2, -0.15) is 0 Å². The van der Waals surface area contributed by atoms with Gasteiger partial charge >= 0.3 is 0 Å². The monoisotopic (exact) mass is 200 g/mol. The third-order valence-corrected chi connectivity index (χ3v) is 2.84. The maximum atomic E-state index is 5.23. The predicted molar refractivity (Wildman–Crippen MR) is 57.2 cm³/mol. The van der Waals surface area contributed by atoms with Gasteiger partial charge in [0.2, 0.25) is 0 Å². The molecule has 1 aromatic rings. The fourth-order valence-corrected chi connectivity index (χ4v) is 1.70. The summed E-state index contributed by atoms with van der Waals surface area (Å²) in [4.78, 5) is 1.12. The smallest absolute Gasteiger partial charge is 0.123 e. The lowest BCUT2D eigenvalue weighted by atomic mass is 10.1. The van der Waals surface area contributed by atoms with Gasteiger partial charge in [0.25, 0.3) is 0 Å². The minimum Gasteiger partial charge on any atom is -0.496 e. The quantitative estimate of drug-likeness (QED) is 0.592.